The number of carbonyl (C=O) groups excluding carboxylic acids is 1. The molecule has 0 saturated carbocycles. The number of aromatic hydroxyl groups is 1. The summed E-state index contributed by atoms with van der Waals surface area (Å²) in [6.07, 6.45) is 0. The standard InChI is InChI=1S/C23H30FN3O2/c1-23(2,3)27(16-18-5-4-6-19(24)15-18)22(29)17-25-11-13-26(14-12-25)20-7-9-21(28)10-8-20/h4-10,15,28H,11-14,16-17H2,1-3H3. The maximum atomic E-state index is 13.6. The van der Waals surface area contributed by atoms with Gasteiger partial charge in [0, 0.05) is 44.0 Å². The molecule has 0 radical (unpaired) electrons. The lowest BCUT2D eigenvalue weighted by molar-refractivity contribution is -0.138. The zero-order valence-corrected chi connectivity index (χ0v) is 17.4. The van der Waals surface area contributed by atoms with Crippen molar-refractivity contribution in [1.82, 2.24) is 9.80 Å². The van der Waals surface area contributed by atoms with Gasteiger partial charge >= 0.3 is 0 Å². The van der Waals surface area contributed by atoms with Crippen LogP contribution < -0.4 is 4.90 Å². The van der Waals surface area contributed by atoms with Gasteiger partial charge in [-0.15, -0.1) is 0 Å². The molecule has 0 bridgehead atoms. The highest BCUT2D eigenvalue weighted by atomic mass is 19.1. The minimum atomic E-state index is -0.350. The van der Waals surface area contributed by atoms with Crippen LogP contribution in [-0.4, -0.2) is 59.1 Å². The maximum absolute atomic E-state index is 13.6. The number of rotatable bonds is 5. The zero-order valence-electron chi connectivity index (χ0n) is 17.4. The van der Waals surface area contributed by atoms with Gasteiger partial charge < -0.3 is 14.9 Å². The molecule has 1 heterocycles. The van der Waals surface area contributed by atoms with Gasteiger partial charge in [0.05, 0.1) is 6.54 Å². The lowest BCUT2D eigenvalue weighted by atomic mass is 10.0. The third-order valence-electron chi connectivity index (χ3n) is 5.29. The molecule has 2 aromatic rings. The fourth-order valence-electron chi connectivity index (χ4n) is 3.62. The van der Waals surface area contributed by atoms with E-state index in [1.807, 2.05) is 43.9 Å². The average molecular weight is 400 g/mol. The summed E-state index contributed by atoms with van der Waals surface area (Å²) < 4.78 is 13.6. The molecule has 0 unspecified atom stereocenters. The van der Waals surface area contributed by atoms with Crippen molar-refractivity contribution in [2.24, 2.45) is 0 Å². The van der Waals surface area contributed by atoms with Gasteiger partial charge in [0.1, 0.15) is 11.6 Å². The van der Waals surface area contributed by atoms with Gasteiger partial charge in [0.15, 0.2) is 0 Å². The summed E-state index contributed by atoms with van der Waals surface area (Å²) >= 11 is 0. The molecule has 29 heavy (non-hydrogen) atoms. The molecule has 0 aliphatic carbocycles. The van der Waals surface area contributed by atoms with E-state index < -0.39 is 0 Å². The second-order valence-electron chi connectivity index (χ2n) is 8.56. The molecule has 3 rings (SSSR count). The largest absolute Gasteiger partial charge is 0.508 e. The Labute approximate surface area is 172 Å². The number of piperazine rings is 1. The fourth-order valence-corrected chi connectivity index (χ4v) is 3.62. The van der Waals surface area contributed by atoms with Gasteiger partial charge in [-0.2, -0.15) is 0 Å². The minimum absolute atomic E-state index is 0.0554. The summed E-state index contributed by atoms with van der Waals surface area (Å²) in [6, 6.07) is 13.7. The van der Waals surface area contributed by atoms with Crippen LogP contribution in [0.2, 0.25) is 0 Å². The van der Waals surface area contributed by atoms with E-state index in [0.717, 1.165) is 37.4 Å². The lowest BCUT2D eigenvalue weighted by Gasteiger charge is -2.40. The molecule has 1 N–H and O–H groups in total. The molecule has 1 fully saturated rings. The van der Waals surface area contributed by atoms with E-state index in [0.29, 0.717) is 13.1 Å². The van der Waals surface area contributed by atoms with Gasteiger partial charge in [0.25, 0.3) is 0 Å². The molecule has 5 nitrogen and oxygen atoms in total. The SMILES string of the molecule is CC(C)(C)N(Cc1cccc(F)c1)C(=O)CN1CCN(c2ccc(O)cc2)CC1. The highest BCUT2D eigenvalue weighted by molar-refractivity contribution is 5.79. The van der Waals surface area contributed by atoms with E-state index in [1.54, 1.807) is 18.2 Å². The first-order valence-corrected chi connectivity index (χ1v) is 10.0. The average Bonchev–Trinajstić information content (AvgIpc) is 2.66. The van der Waals surface area contributed by atoms with Crippen molar-refractivity contribution in [3.63, 3.8) is 0 Å². The number of nitrogens with zero attached hydrogens (tertiary/aromatic N) is 3. The van der Waals surface area contributed by atoms with Gasteiger partial charge in [0.2, 0.25) is 5.91 Å². The maximum Gasteiger partial charge on any atom is 0.237 e. The van der Waals surface area contributed by atoms with E-state index in [4.69, 9.17) is 0 Å². The lowest BCUT2D eigenvalue weighted by Crippen LogP contribution is -2.53. The molecule has 156 valence electrons. The molecule has 1 aliphatic rings. The number of carbonyl (C=O) groups is 1. The van der Waals surface area contributed by atoms with Crippen LogP contribution in [-0.2, 0) is 11.3 Å². The number of benzene rings is 2. The number of halogens is 1. The Morgan fingerprint density at radius 1 is 1.07 bits per heavy atom. The van der Waals surface area contributed by atoms with Crippen molar-refractivity contribution in [3.8, 4) is 5.75 Å². The van der Waals surface area contributed by atoms with Crippen molar-refractivity contribution in [2.45, 2.75) is 32.9 Å². The van der Waals surface area contributed by atoms with Crippen LogP contribution in [0.15, 0.2) is 48.5 Å². The van der Waals surface area contributed by atoms with Crippen LogP contribution in [0.25, 0.3) is 0 Å². The number of anilines is 1. The predicted molar refractivity (Wildman–Crippen MR) is 113 cm³/mol. The Morgan fingerprint density at radius 3 is 2.31 bits per heavy atom. The summed E-state index contributed by atoms with van der Waals surface area (Å²) in [5, 5.41) is 9.45. The summed E-state index contributed by atoms with van der Waals surface area (Å²) in [7, 11) is 0. The Hall–Kier alpha value is -2.60. The van der Waals surface area contributed by atoms with Crippen molar-refractivity contribution >= 4 is 11.6 Å². The Kier molecular flexibility index (Phi) is 6.42. The third kappa shape index (κ3) is 5.70. The van der Waals surface area contributed by atoms with Crippen LogP contribution in [0.1, 0.15) is 26.3 Å². The van der Waals surface area contributed by atoms with Crippen LogP contribution >= 0.6 is 0 Å². The molecule has 0 atom stereocenters. The van der Waals surface area contributed by atoms with E-state index in [-0.39, 0.29) is 23.0 Å². The molecule has 1 saturated heterocycles. The summed E-state index contributed by atoms with van der Waals surface area (Å²) in [4.78, 5) is 19.3. The Morgan fingerprint density at radius 2 is 1.72 bits per heavy atom. The number of phenols is 1. The number of hydrogen-bond acceptors (Lipinski definition) is 4. The molecule has 6 heteroatoms. The number of hydrogen-bond donors (Lipinski definition) is 1. The quantitative estimate of drug-likeness (QED) is 0.836. The van der Waals surface area contributed by atoms with Gasteiger partial charge in [-0.05, 0) is 62.7 Å². The van der Waals surface area contributed by atoms with Gasteiger partial charge in [-0.25, -0.2) is 4.39 Å². The Balaban J connectivity index is 1.59. The first-order valence-electron chi connectivity index (χ1n) is 10.0. The molecule has 1 aliphatic heterocycles. The first kappa shape index (κ1) is 21.1. The molecule has 2 aromatic carbocycles. The van der Waals surface area contributed by atoms with Gasteiger partial charge in [-0.3, -0.25) is 9.69 Å². The van der Waals surface area contributed by atoms with Crippen molar-refractivity contribution in [3.05, 3.63) is 59.9 Å². The van der Waals surface area contributed by atoms with E-state index >= 15 is 0 Å². The topological polar surface area (TPSA) is 47.0 Å². The van der Waals surface area contributed by atoms with Crippen LogP contribution in [0.3, 0.4) is 0 Å². The van der Waals surface area contributed by atoms with Crippen LogP contribution in [0.5, 0.6) is 5.75 Å². The fraction of sp³-hybridized carbons (Fsp3) is 0.435. The predicted octanol–water partition coefficient (Wildman–Crippen LogP) is 3.48. The molecule has 1 amide bonds. The minimum Gasteiger partial charge on any atom is -0.508 e. The highest BCUT2D eigenvalue weighted by Crippen LogP contribution is 2.21. The molecule has 0 aromatic heterocycles. The summed E-state index contributed by atoms with van der Waals surface area (Å²) in [6.45, 7) is 10.0. The third-order valence-corrected chi connectivity index (χ3v) is 5.29. The second kappa shape index (κ2) is 8.82. The molecular weight excluding hydrogens is 369 g/mol. The second-order valence-corrected chi connectivity index (χ2v) is 8.56. The normalized spacial score (nSPS) is 15.4. The van der Waals surface area contributed by atoms with Crippen LogP contribution in [0, 0.1) is 5.82 Å². The number of phenolic OH excluding ortho intramolecular Hbond substituents is 1. The van der Waals surface area contributed by atoms with Crippen molar-refractivity contribution in [2.75, 3.05) is 37.6 Å². The monoisotopic (exact) mass is 399 g/mol. The first-order chi connectivity index (χ1) is 13.7. The highest BCUT2D eigenvalue weighted by Gasteiger charge is 2.29. The summed E-state index contributed by atoms with van der Waals surface area (Å²) in [5.41, 5.74) is 1.53. The van der Waals surface area contributed by atoms with Gasteiger partial charge in [-0.1, -0.05) is 12.1 Å². The van der Waals surface area contributed by atoms with E-state index in [1.165, 1.54) is 12.1 Å². The zero-order chi connectivity index (χ0) is 21.0. The van der Waals surface area contributed by atoms with E-state index in [9.17, 15) is 14.3 Å². The Bertz CT molecular complexity index is 825. The van der Waals surface area contributed by atoms with E-state index in [2.05, 4.69) is 9.80 Å². The van der Waals surface area contributed by atoms with Crippen molar-refractivity contribution < 1.29 is 14.3 Å². The smallest absolute Gasteiger partial charge is 0.237 e. The van der Waals surface area contributed by atoms with Crippen molar-refractivity contribution in [1.29, 1.82) is 0 Å². The molecule has 0 spiro atoms. The molecular formula is C23H30FN3O2. The number of amides is 1. The summed E-state index contributed by atoms with van der Waals surface area (Å²) in [5.74, 6) is 0.0348. The van der Waals surface area contributed by atoms with Crippen LogP contribution in [0.4, 0.5) is 10.1 Å².